The Morgan fingerprint density at radius 3 is 2.48 bits per heavy atom. The Morgan fingerprint density at radius 2 is 1.86 bits per heavy atom. The van der Waals surface area contributed by atoms with E-state index in [1.807, 2.05) is 12.1 Å². The van der Waals surface area contributed by atoms with E-state index in [1.54, 1.807) is 0 Å². The molecule has 4 nitrogen and oxygen atoms in total. The van der Waals surface area contributed by atoms with E-state index in [0.717, 1.165) is 31.2 Å². The Kier molecular flexibility index (Phi) is 6.27. The molecule has 1 aromatic heterocycles. The lowest BCUT2D eigenvalue weighted by molar-refractivity contribution is 0.0616. The molecule has 1 saturated carbocycles. The van der Waals surface area contributed by atoms with Crippen LogP contribution in [-0.2, 0) is 17.9 Å². The first-order valence-electron chi connectivity index (χ1n) is 8.20. The fraction of sp³-hybridized carbons (Fsp3) is 0.765. The van der Waals surface area contributed by atoms with Gasteiger partial charge >= 0.3 is 0 Å². The summed E-state index contributed by atoms with van der Waals surface area (Å²) in [7, 11) is 0. The SMILES string of the molecule is CC(C)N(CCOCc1ccc(CNC2CC2)o1)C(C)C. The van der Waals surface area contributed by atoms with Crippen LogP contribution in [0.3, 0.4) is 0 Å². The molecule has 2 rings (SSSR count). The second-order valence-electron chi connectivity index (χ2n) is 6.50. The summed E-state index contributed by atoms with van der Waals surface area (Å²) in [5.74, 6) is 1.93. The summed E-state index contributed by atoms with van der Waals surface area (Å²) in [5.41, 5.74) is 0. The van der Waals surface area contributed by atoms with Gasteiger partial charge in [0.2, 0.25) is 0 Å². The topological polar surface area (TPSA) is 37.6 Å². The van der Waals surface area contributed by atoms with Gasteiger partial charge in [-0.25, -0.2) is 0 Å². The lowest BCUT2D eigenvalue weighted by Gasteiger charge is -2.30. The van der Waals surface area contributed by atoms with E-state index < -0.39 is 0 Å². The average molecular weight is 294 g/mol. The van der Waals surface area contributed by atoms with Crippen LogP contribution >= 0.6 is 0 Å². The molecule has 0 saturated heterocycles. The molecule has 0 bridgehead atoms. The second kappa shape index (κ2) is 7.97. The van der Waals surface area contributed by atoms with Crippen molar-refractivity contribution in [2.75, 3.05) is 13.2 Å². The molecule has 0 aromatic carbocycles. The summed E-state index contributed by atoms with van der Waals surface area (Å²) >= 11 is 0. The van der Waals surface area contributed by atoms with Crippen LogP contribution in [0.5, 0.6) is 0 Å². The summed E-state index contributed by atoms with van der Waals surface area (Å²) in [6.07, 6.45) is 2.61. The maximum atomic E-state index is 5.76. The molecule has 0 unspecified atom stereocenters. The molecule has 21 heavy (non-hydrogen) atoms. The molecular formula is C17H30N2O2. The fourth-order valence-electron chi connectivity index (χ4n) is 2.58. The highest BCUT2D eigenvalue weighted by atomic mass is 16.5. The van der Waals surface area contributed by atoms with Gasteiger partial charge in [0.15, 0.2) is 0 Å². The van der Waals surface area contributed by atoms with Crippen LogP contribution in [0.2, 0.25) is 0 Å². The second-order valence-corrected chi connectivity index (χ2v) is 6.50. The average Bonchev–Trinajstić information content (AvgIpc) is 3.14. The normalized spacial score (nSPS) is 15.6. The number of nitrogens with one attached hydrogen (secondary N) is 1. The molecule has 120 valence electrons. The van der Waals surface area contributed by atoms with Crippen molar-refractivity contribution in [3.8, 4) is 0 Å². The molecule has 1 aromatic rings. The molecule has 0 amide bonds. The predicted molar refractivity (Wildman–Crippen MR) is 85.2 cm³/mol. The molecule has 0 atom stereocenters. The van der Waals surface area contributed by atoms with Gasteiger partial charge in [-0.15, -0.1) is 0 Å². The van der Waals surface area contributed by atoms with Crippen molar-refractivity contribution in [1.29, 1.82) is 0 Å². The Morgan fingerprint density at radius 1 is 1.19 bits per heavy atom. The molecule has 1 aliphatic carbocycles. The molecule has 1 N–H and O–H groups in total. The van der Waals surface area contributed by atoms with Crippen molar-refractivity contribution in [3.05, 3.63) is 23.7 Å². The van der Waals surface area contributed by atoms with E-state index in [4.69, 9.17) is 9.15 Å². The minimum atomic E-state index is 0.553. The molecule has 1 aliphatic rings. The maximum Gasteiger partial charge on any atom is 0.129 e. The van der Waals surface area contributed by atoms with E-state index >= 15 is 0 Å². The van der Waals surface area contributed by atoms with E-state index in [0.29, 0.717) is 24.7 Å². The first-order chi connectivity index (χ1) is 10.1. The largest absolute Gasteiger partial charge is 0.462 e. The van der Waals surface area contributed by atoms with Crippen molar-refractivity contribution >= 4 is 0 Å². The number of furan rings is 1. The zero-order chi connectivity index (χ0) is 15.2. The van der Waals surface area contributed by atoms with Gasteiger partial charge in [0.1, 0.15) is 18.1 Å². The monoisotopic (exact) mass is 294 g/mol. The standard InChI is InChI=1S/C17H30N2O2/c1-13(2)19(14(3)4)9-10-20-12-17-8-7-16(21-17)11-18-15-5-6-15/h7-8,13-15,18H,5-6,9-12H2,1-4H3. The first-order valence-corrected chi connectivity index (χ1v) is 8.20. The van der Waals surface area contributed by atoms with Crippen LogP contribution in [-0.4, -0.2) is 36.2 Å². The number of hydrogen-bond donors (Lipinski definition) is 1. The summed E-state index contributed by atoms with van der Waals surface area (Å²) in [6, 6.07) is 5.89. The lowest BCUT2D eigenvalue weighted by atomic mass is 10.2. The van der Waals surface area contributed by atoms with Crippen molar-refractivity contribution in [2.24, 2.45) is 0 Å². The Labute approximate surface area is 128 Å². The molecule has 1 fully saturated rings. The highest BCUT2D eigenvalue weighted by Crippen LogP contribution is 2.19. The Balaban J connectivity index is 1.63. The summed E-state index contributed by atoms with van der Waals surface area (Å²) in [5, 5.41) is 3.45. The third-order valence-electron chi connectivity index (χ3n) is 3.92. The van der Waals surface area contributed by atoms with Gasteiger partial charge in [0.05, 0.1) is 13.2 Å². The fourth-order valence-corrected chi connectivity index (χ4v) is 2.58. The van der Waals surface area contributed by atoms with Gasteiger partial charge in [-0.2, -0.15) is 0 Å². The molecule has 0 spiro atoms. The Hall–Kier alpha value is -0.840. The summed E-state index contributed by atoms with van der Waals surface area (Å²) in [6.45, 7) is 12.0. The van der Waals surface area contributed by atoms with Crippen LogP contribution < -0.4 is 5.32 Å². The minimum Gasteiger partial charge on any atom is -0.462 e. The summed E-state index contributed by atoms with van der Waals surface area (Å²) < 4.78 is 11.5. The maximum absolute atomic E-state index is 5.76. The van der Waals surface area contributed by atoms with Crippen LogP contribution in [0.1, 0.15) is 52.1 Å². The highest BCUT2D eigenvalue weighted by molar-refractivity contribution is 5.06. The number of ether oxygens (including phenoxy) is 1. The van der Waals surface area contributed by atoms with Crippen molar-refractivity contribution in [1.82, 2.24) is 10.2 Å². The van der Waals surface area contributed by atoms with Gasteiger partial charge in [-0.05, 0) is 52.7 Å². The van der Waals surface area contributed by atoms with E-state index in [9.17, 15) is 0 Å². The van der Waals surface area contributed by atoms with E-state index in [2.05, 4.69) is 37.9 Å². The molecule has 1 heterocycles. The van der Waals surface area contributed by atoms with E-state index in [-0.39, 0.29) is 0 Å². The van der Waals surface area contributed by atoms with Crippen molar-refractivity contribution in [3.63, 3.8) is 0 Å². The zero-order valence-electron chi connectivity index (χ0n) is 13.9. The van der Waals surface area contributed by atoms with Gasteiger partial charge in [0, 0.05) is 24.7 Å². The smallest absolute Gasteiger partial charge is 0.129 e. The van der Waals surface area contributed by atoms with Crippen molar-refractivity contribution < 1.29 is 9.15 Å². The third kappa shape index (κ3) is 5.81. The molecule has 0 aliphatic heterocycles. The van der Waals surface area contributed by atoms with Gasteiger partial charge in [-0.1, -0.05) is 0 Å². The zero-order valence-corrected chi connectivity index (χ0v) is 13.9. The molecule has 4 heteroatoms. The van der Waals surface area contributed by atoms with Crippen LogP contribution in [0, 0.1) is 0 Å². The molecular weight excluding hydrogens is 264 g/mol. The third-order valence-corrected chi connectivity index (χ3v) is 3.92. The quantitative estimate of drug-likeness (QED) is 0.673. The number of rotatable bonds is 10. The van der Waals surface area contributed by atoms with Crippen LogP contribution in [0.15, 0.2) is 16.5 Å². The highest BCUT2D eigenvalue weighted by Gasteiger charge is 2.20. The van der Waals surface area contributed by atoms with Gasteiger partial charge in [-0.3, -0.25) is 4.90 Å². The van der Waals surface area contributed by atoms with Crippen molar-refractivity contribution in [2.45, 2.75) is 71.8 Å². The molecule has 0 radical (unpaired) electrons. The van der Waals surface area contributed by atoms with Crippen LogP contribution in [0.25, 0.3) is 0 Å². The number of hydrogen-bond acceptors (Lipinski definition) is 4. The Bertz CT molecular complexity index is 403. The van der Waals surface area contributed by atoms with Gasteiger partial charge < -0.3 is 14.5 Å². The predicted octanol–water partition coefficient (Wildman–Crippen LogP) is 3.17. The van der Waals surface area contributed by atoms with Gasteiger partial charge in [0.25, 0.3) is 0 Å². The number of nitrogens with zero attached hydrogens (tertiary/aromatic N) is 1. The minimum absolute atomic E-state index is 0.553. The lowest BCUT2D eigenvalue weighted by Crippen LogP contribution is -2.39. The first kappa shape index (κ1) is 16.5. The summed E-state index contributed by atoms with van der Waals surface area (Å²) in [4.78, 5) is 2.44. The van der Waals surface area contributed by atoms with E-state index in [1.165, 1.54) is 12.8 Å². The van der Waals surface area contributed by atoms with Crippen LogP contribution in [0.4, 0.5) is 0 Å².